The molecule has 0 spiro atoms. The highest BCUT2D eigenvalue weighted by molar-refractivity contribution is 6.02. The SMILES string of the molecule is CCc1cc(-c2cnn(C)c2)ccc1N1C(N)=NC=C2C=CN(CC(C)(C)C)C(N)=C21. The smallest absolute Gasteiger partial charge is 0.205 e. The third-order valence-corrected chi connectivity index (χ3v) is 5.43. The highest BCUT2D eigenvalue weighted by Crippen LogP contribution is 2.36. The summed E-state index contributed by atoms with van der Waals surface area (Å²) in [6.07, 6.45) is 10.6. The average molecular weight is 418 g/mol. The molecule has 4 rings (SSSR count). The molecule has 0 aliphatic carbocycles. The van der Waals surface area contributed by atoms with Gasteiger partial charge in [-0.25, -0.2) is 4.99 Å². The Morgan fingerprint density at radius 1 is 1.10 bits per heavy atom. The standard InChI is InChI=1S/C24H31N7/c1-6-16-11-17(19-13-28-29(5)14-19)7-8-20(16)31-21-18(12-27-23(31)26)9-10-30(22(21)25)15-24(2,3)4/h7-14H,6,15,25H2,1-5H3,(H2,26,27). The number of guanidine groups is 1. The van der Waals surface area contributed by atoms with Gasteiger partial charge < -0.3 is 16.4 Å². The number of aliphatic imine (C=N–C) groups is 1. The molecule has 0 saturated carbocycles. The van der Waals surface area contributed by atoms with Gasteiger partial charge in [0.1, 0.15) is 5.82 Å². The predicted octanol–water partition coefficient (Wildman–Crippen LogP) is 3.67. The molecule has 162 valence electrons. The molecule has 0 amide bonds. The fourth-order valence-electron chi connectivity index (χ4n) is 4.00. The van der Waals surface area contributed by atoms with Gasteiger partial charge in [-0.15, -0.1) is 0 Å². The quantitative estimate of drug-likeness (QED) is 0.792. The van der Waals surface area contributed by atoms with Crippen LogP contribution in [0.3, 0.4) is 0 Å². The second kappa shape index (κ2) is 7.65. The van der Waals surface area contributed by atoms with Crippen LogP contribution in [0.15, 0.2) is 71.2 Å². The van der Waals surface area contributed by atoms with Crippen LogP contribution in [0.25, 0.3) is 11.1 Å². The third-order valence-electron chi connectivity index (χ3n) is 5.43. The normalized spacial score (nSPS) is 16.4. The van der Waals surface area contributed by atoms with Gasteiger partial charge in [0, 0.05) is 43.3 Å². The molecule has 0 fully saturated rings. The van der Waals surface area contributed by atoms with Gasteiger partial charge in [-0.05, 0) is 41.2 Å². The first kappa shape index (κ1) is 20.8. The maximum atomic E-state index is 6.70. The number of rotatable bonds is 4. The van der Waals surface area contributed by atoms with E-state index in [1.807, 2.05) is 35.2 Å². The van der Waals surface area contributed by atoms with Crippen molar-refractivity contribution in [2.75, 3.05) is 11.4 Å². The van der Waals surface area contributed by atoms with Crippen LogP contribution in [0.5, 0.6) is 0 Å². The molecule has 2 aliphatic rings. The Hall–Kier alpha value is -3.48. The van der Waals surface area contributed by atoms with Crippen molar-refractivity contribution in [3.63, 3.8) is 0 Å². The molecule has 4 N–H and O–H groups in total. The summed E-state index contributed by atoms with van der Waals surface area (Å²) >= 11 is 0. The maximum Gasteiger partial charge on any atom is 0.205 e. The van der Waals surface area contributed by atoms with E-state index in [1.54, 1.807) is 6.20 Å². The number of anilines is 1. The molecule has 0 unspecified atom stereocenters. The van der Waals surface area contributed by atoms with Crippen molar-refractivity contribution in [2.24, 2.45) is 28.9 Å². The number of aromatic nitrogens is 2. The van der Waals surface area contributed by atoms with Crippen molar-refractivity contribution in [1.29, 1.82) is 0 Å². The van der Waals surface area contributed by atoms with Crippen molar-refractivity contribution < 1.29 is 0 Å². The fourth-order valence-corrected chi connectivity index (χ4v) is 4.00. The summed E-state index contributed by atoms with van der Waals surface area (Å²) in [5, 5.41) is 4.30. The molecular weight excluding hydrogens is 386 g/mol. The molecular formula is C24H31N7. The fraction of sp³-hybridized carbons (Fsp3) is 0.333. The van der Waals surface area contributed by atoms with Crippen molar-refractivity contribution in [3.05, 3.63) is 71.7 Å². The van der Waals surface area contributed by atoms with Crippen molar-refractivity contribution in [1.82, 2.24) is 14.7 Å². The lowest BCUT2D eigenvalue weighted by molar-refractivity contribution is 0.285. The summed E-state index contributed by atoms with van der Waals surface area (Å²) in [6, 6.07) is 6.39. The number of allylic oxidation sites excluding steroid dienone is 1. The number of hydrogen-bond donors (Lipinski definition) is 2. The highest BCUT2D eigenvalue weighted by atomic mass is 15.3. The molecule has 7 heteroatoms. The van der Waals surface area contributed by atoms with Gasteiger partial charge in [0.05, 0.1) is 17.6 Å². The maximum absolute atomic E-state index is 6.70. The van der Waals surface area contributed by atoms with E-state index in [-0.39, 0.29) is 5.41 Å². The van der Waals surface area contributed by atoms with Gasteiger partial charge in [0.15, 0.2) is 0 Å². The molecule has 7 nitrogen and oxygen atoms in total. The van der Waals surface area contributed by atoms with Gasteiger partial charge in [-0.3, -0.25) is 9.58 Å². The first-order valence-corrected chi connectivity index (χ1v) is 10.6. The molecule has 31 heavy (non-hydrogen) atoms. The van der Waals surface area contributed by atoms with Gasteiger partial charge in [0.25, 0.3) is 0 Å². The Kier molecular flexibility index (Phi) is 5.13. The van der Waals surface area contributed by atoms with Crippen LogP contribution in [0, 0.1) is 5.41 Å². The average Bonchev–Trinajstić information content (AvgIpc) is 3.15. The Bertz CT molecular complexity index is 1130. The largest absolute Gasteiger partial charge is 0.383 e. The van der Waals surface area contributed by atoms with E-state index in [2.05, 4.69) is 67.0 Å². The van der Waals surface area contributed by atoms with Crippen LogP contribution in [-0.2, 0) is 13.5 Å². The molecule has 1 aromatic heterocycles. The van der Waals surface area contributed by atoms with Gasteiger partial charge in [-0.1, -0.05) is 33.8 Å². The van der Waals surface area contributed by atoms with Crippen LogP contribution >= 0.6 is 0 Å². The van der Waals surface area contributed by atoms with E-state index in [0.29, 0.717) is 11.8 Å². The molecule has 0 saturated heterocycles. The molecule has 3 heterocycles. The summed E-state index contributed by atoms with van der Waals surface area (Å²) in [4.78, 5) is 8.52. The summed E-state index contributed by atoms with van der Waals surface area (Å²) < 4.78 is 1.81. The zero-order valence-electron chi connectivity index (χ0n) is 18.9. The van der Waals surface area contributed by atoms with Crippen LogP contribution in [0.4, 0.5) is 5.69 Å². The number of fused-ring (bicyclic) bond motifs is 1. The van der Waals surface area contributed by atoms with Gasteiger partial charge in [-0.2, -0.15) is 5.10 Å². The Morgan fingerprint density at radius 3 is 2.52 bits per heavy atom. The van der Waals surface area contributed by atoms with E-state index in [9.17, 15) is 0 Å². The lowest BCUT2D eigenvalue weighted by Crippen LogP contribution is -2.44. The molecule has 0 radical (unpaired) electrons. The molecule has 2 aromatic rings. The minimum atomic E-state index is 0.0931. The first-order valence-electron chi connectivity index (χ1n) is 10.6. The summed E-state index contributed by atoms with van der Waals surface area (Å²) in [5.74, 6) is 1.09. The summed E-state index contributed by atoms with van der Waals surface area (Å²) in [7, 11) is 1.92. The Labute approximate surface area is 184 Å². The van der Waals surface area contributed by atoms with Crippen LogP contribution in [0.2, 0.25) is 0 Å². The number of nitrogens with zero attached hydrogens (tertiary/aromatic N) is 5. The van der Waals surface area contributed by atoms with Crippen LogP contribution in [0.1, 0.15) is 33.3 Å². The van der Waals surface area contributed by atoms with E-state index in [1.165, 1.54) is 0 Å². The van der Waals surface area contributed by atoms with E-state index < -0.39 is 0 Å². The predicted molar refractivity (Wildman–Crippen MR) is 127 cm³/mol. The van der Waals surface area contributed by atoms with Crippen LogP contribution < -0.4 is 16.4 Å². The molecule has 0 atom stereocenters. The van der Waals surface area contributed by atoms with Crippen molar-refractivity contribution >= 4 is 11.6 Å². The molecule has 2 aliphatic heterocycles. The number of benzene rings is 1. The van der Waals surface area contributed by atoms with Gasteiger partial charge in [0.2, 0.25) is 5.96 Å². The van der Waals surface area contributed by atoms with E-state index in [0.717, 1.165) is 46.6 Å². The minimum Gasteiger partial charge on any atom is -0.383 e. The summed E-state index contributed by atoms with van der Waals surface area (Å²) in [6.45, 7) is 9.54. The monoisotopic (exact) mass is 417 g/mol. The number of nitrogens with two attached hydrogens (primary N) is 2. The highest BCUT2D eigenvalue weighted by Gasteiger charge is 2.31. The summed E-state index contributed by atoms with van der Waals surface area (Å²) in [5.41, 5.74) is 19.4. The van der Waals surface area contributed by atoms with Crippen molar-refractivity contribution in [2.45, 2.75) is 34.1 Å². The topological polar surface area (TPSA) is 88.7 Å². The van der Waals surface area contributed by atoms with E-state index >= 15 is 0 Å². The molecule has 0 bridgehead atoms. The van der Waals surface area contributed by atoms with Crippen molar-refractivity contribution in [3.8, 4) is 11.1 Å². The number of hydrogen-bond acceptors (Lipinski definition) is 6. The van der Waals surface area contributed by atoms with Crippen LogP contribution in [-0.4, -0.2) is 27.2 Å². The lowest BCUT2D eigenvalue weighted by Gasteiger charge is -2.38. The third kappa shape index (κ3) is 3.95. The Morgan fingerprint density at radius 2 is 1.87 bits per heavy atom. The first-order chi connectivity index (χ1) is 14.7. The molecule has 1 aromatic carbocycles. The number of aryl methyl sites for hydroxylation is 2. The van der Waals surface area contributed by atoms with E-state index in [4.69, 9.17) is 11.5 Å². The minimum absolute atomic E-state index is 0.0931. The Balaban J connectivity index is 1.80. The second-order valence-corrected chi connectivity index (χ2v) is 9.25. The van der Waals surface area contributed by atoms with Gasteiger partial charge >= 0.3 is 0 Å². The zero-order chi connectivity index (χ0) is 22.3. The second-order valence-electron chi connectivity index (χ2n) is 9.25. The lowest BCUT2D eigenvalue weighted by atomic mass is 9.95. The zero-order valence-corrected chi connectivity index (χ0v) is 18.9.